The average molecular weight is 581 g/mol. The lowest BCUT2D eigenvalue weighted by atomic mass is 9.81. The van der Waals surface area contributed by atoms with E-state index in [1.807, 2.05) is 54.6 Å². The topological polar surface area (TPSA) is 78.9 Å². The third-order valence-corrected chi connectivity index (χ3v) is 9.46. The second-order valence-corrected chi connectivity index (χ2v) is 12.0. The van der Waals surface area contributed by atoms with E-state index >= 15 is 0 Å². The molecule has 0 saturated heterocycles. The third kappa shape index (κ3) is 5.28. The predicted octanol–water partition coefficient (Wildman–Crippen LogP) is 5.27. The highest BCUT2D eigenvalue weighted by Crippen LogP contribution is 2.60. The first-order valence-corrected chi connectivity index (χ1v) is 14.5. The number of methoxy groups -OCH3 is 1. The van der Waals surface area contributed by atoms with Crippen LogP contribution in [0.3, 0.4) is 0 Å². The lowest BCUT2D eigenvalue weighted by Crippen LogP contribution is -2.50. The number of carbonyl (C=O) groups excluding carboxylic acids is 2. The molecule has 1 aliphatic heterocycles. The first-order valence-electron chi connectivity index (χ1n) is 14.5. The van der Waals surface area contributed by atoms with E-state index in [0.29, 0.717) is 18.4 Å². The summed E-state index contributed by atoms with van der Waals surface area (Å²) in [5.74, 6) is -0.458. The molecule has 2 saturated carbocycles. The number of alkyl halides is 3. The van der Waals surface area contributed by atoms with Crippen molar-refractivity contribution >= 4 is 11.9 Å². The van der Waals surface area contributed by atoms with Crippen molar-refractivity contribution in [1.82, 2.24) is 10.2 Å². The molecule has 0 radical (unpaired) electrons. The van der Waals surface area contributed by atoms with Gasteiger partial charge in [0.15, 0.2) is 0 Å². The standard InChI is InChI=1S/C33H35F3N2O4/c1-42-30(40)22-9-5-8-21(16-22)24-11-10-23(18-37-29(39)27-17-26(27)20-6-3-2-4-7-20)28-19-38(15-12-25(24)28)31(41)32(13-14-32)33(34,35)36/h2-7,9-11,16,21,26-27,31,41H,8,12-15,17-19H2,1H3,(H,37,39). The van der Waals surface area contributed by atoms with Crippen LogP contribution in [0, 0.1) is 11.3 Å². The molecule has 2 fully saturated rings. The number of aliphatic hydroxyl groups is 1. The zero-order chi connectivity index (χ0) is 29.6. The van der Waals surface area contributed by atoms with Crippen LogP contribution < -0.4 is 5.32 Å². The molecule has 4 aliphatic rings. The van der Waals surface area contributed by atoms with Crippen LogP contribution in [0.1, 0.15) is 65.3 Å². The van der Waals surface area contributed by atoms with Gasteiger partial charge in [0, 0.05) is 31.5 Å². The molecule has 6 nitrogen and oxygen atoms in total. The number of nitrogens with one attached hydrogen (secondary N) is 1. The summed E-state index contributed by atoms with van der Waals surface area (Å²) in [7, 11) is 1.34. The number of nitrogens with zero attached hydrogens (tertiary/aromatic N) is 1. The molecule has 2 aromatic rings. The minimum atomic E-state index is -4.48. The van der Waals surface area contributed by atoms with Gasteiger partial charge in [0.2, 0.25) is 5.91 Å². The number of allylic oxidation sites excluding steroid dienone is 2. The van der Waals surface area contributed by atoms with Gasteiger partial charge in [-0.15, -0.1) is 0 Å². The number of benzene rings is 2. The molecule has 3 aliphatic carbocycles. The van der Waals surface area contributed by atoms with Crippen LogP contribution in [-0.4, -0.2) is 47.9 Å². The number of fused-ring (bicyclic) bond motifs is 1. The average Bonchev–Trinajstić information content (AvgIpc) is 3.93. The van der Waals surface area contributed by atoms with Gasteiger partial charge in [0.25, 0.3) is 0 Å². The van der Waals surface area contributed by atoms with E-state index in [1.165, 1.54) is 12.0 Å². The Morgan fingerprint density at radius 1 is 1.14 bits per heavy atom. The van der Waals surface area contributed by atoms with E-state index in [-0.39, 0.29) is 56.1 Å². The first-order chi connectivity index (χ1) is 20.1. The maximum absolute atomic E-state index is 13.9. The number of aliphatic hydroxyl groups excluding tert-OH is 1. The van der Waals surface area contributed by atoms with E-state index < -0.39 is 23.8 Å². The Bertz CT molecular complexity index is 1430. The summed E-state index contributed by atoms with van der Waals surface area (Å²) in [6, 6.07) is 13.9. The van der Waals surface area contributed by atoms with Crippen LogP contribution in [0.15, 0.2) is 66.3 Å². The van der Waals surface area contributed by atoms with Gasteiger partial charge in [0.05, 0.1) is 12.7 Å². The van der Waals surface area contributed by atoms with Gasteiger partial charge in [-0.05, 0) is 65.8 Å². The molecule has 0 bridgehead atoms. The molecule has 42 heavy (non-hydrogen) atoms. The van der Waals surface area contributed by atoms with Crippen molar-refractivity contribution in [2.24, 2.45) is 11.3 Å². The maximum atomic E-state index is 13.9. The van der Waals surface area contributed by atoms with Crippen LogP contribution >= 0.6 is 0 Å². The van der Waals surface area contributed by atoms with Gasteiger partial charge >= 0.3 is 12.1 Å². The largest absolute Gasteiger partial charge is 0.465 e. The summed E-state index contributed by atoms with van der Waals surface area (Å²) in [6.07, 6.45) is 1.20. The Morgan fingerprint density at radius 2 is 1.90 bits per heavy atom. The van der Waals surface area contributed by atoms with Crippen LogP contribution in [0.2, 0.25) is 0 Å². The number of esters is 1. The number of amides is 1. The highest BCUT2D eigenvalue weighted by molar-refractivity contribution is 5.92. The van der Waals surface area contributed by atoms with Crippen molar-refractivity contribution in [3.63, 3.8) is 0 Å². The van der Waals surface area contributed by atoms with Crippen LogP contribution in [-0.2, 0) is 33.8 Å². The lowest BCUT2D eigenvalue weighted by molar-refractivity contribution is -0.239. The highest BCUT2D eigenvalue weighted by atomic mass is 19.4. The maximum Gasteiger partial charge on any atom is 0.398 e. The number of rotatable bonds is 8. The number of hydrogen-bond donors (Lipinski definition) is 2. The fourth-order valence-corrected chi connectivity index (χ4v) is 6.70. The molecule has 1 heterocycles. The predicted molar refractivity (Wildman–Crippen MR) is 150 cm³/mol. The van der Waals surface area contributed by atoms with Crippen molar-refractivity contribution in [3.05, 3.63) is 94.1 Å². The fourth-order valence-electron chi connectivity index (χ4n) is 6.70. The number of hydrogen-bond acceptors (Lipinski definition) is 5. The van der Waals surface area contributed by atoms with Crippen molar-refractivity contribution in [2.45, 2.75) is 69.4 Å². The van der Waals surface area contributed by atoms with Gasteiger partial charge < -0.3 is 15.2 Å². The molecular formula is C33H35F3N2O4. The van der Waals surface area contributed by atoms with Gasteiger partial charge in [-0.3, -0.25) is 9.69 Å². The van der Waals surface area contributed by atoms with E-state index in [9.17, 15) is 27.9 Å². The van der Waals surface area contributed by atoms with E-state index in [4.69, 9.17) is 4.74 Å². The van der Waals surface area contributed by atoms with E-state index in [2.05, 4.69) is 5.32 Å². The van der Waals surface area contributed by atoms with Crippen LogP contribution in [0.25, 0.3) is 0 Å². The van der Waals surface area contributed by atoms with E-state index in [1.54, 1.807) is 6.08 Å². The van der Waals surface area contributed by atoms with Crippen LogP contribution in [0.5, 0.6) is 0 Å². The van der Waals surface area contributed by atoms with Crippen molar-refractivity contribution in [3.8, 4) is 0 Å². The van der Waals surface area contributed by atoms with Crippen molar-refractivity contribution in [1.29, 1.82) is 0 Å². The van der Waals surface area contributed by atoms with Crippen LogP contribution in [0.4, 0.5) is 13.2 Å². The van der Waals surface area contributed by atoms with E-state index in [0.717, 1.165) is 34.2 Å². The Morgan fingerprint density at radius 3 is 2.60 bits per heavy atom. The second kappa shape index (κ2) is 11.0. The molecule has 2 N–H and O–H groups in total. The monoisotopic (exact) mass is 580 g/mol. The normalized spacial score (nSPS) is 25.2. The number of ether oxygens (including phenoxy) is 1. The quantitative estimate of drug-likeness (QED) is 0.416. The number of carbonyl (C=O) groups is 2. The summed E-state index contributed by atoms with van der Waals surface area (Å²) in [5, 5.41) is 14.0. The minimum absolute atomic E-state index is 0.0357. The van der Waals surface area contributed by atoms with Gasteiger partial charge in [-0.1, -0.05) is 60.7 Å². The Labute approximate surface area is 243 Å². The van der Waals surface area contributed by atoms with Crippen molar-refractivity contribution in [2.75, 3.05) is 13.7 Å². The molecule has 2 aromatic carbocycles. The Balaban J connectivity index is 1.26. The molecule has 4 atom stereocenters. The summed E-state index contributed by atoms with van der Waals surface area (Å²) in [6.45, 7) is 0.687. The zero-order valence-electron chi connectivity index (χ0n) is 23.5. The summed E-state index contributed by atoms with van der Waals surface area (Å²) in [4.78, 5) is 26.8. The highest BCUT2D eigenvalue weighted by Gasteiger charge is 2.68. The smallest absolute Gasteiger partial charge is 0.398 e. The van der Waals surface area contributed by atoms with Gasteiger partial charge in [0.1, 0.15) is 11.6 Å². The van der Waals surface area contributed by atoms with Gasteiger partial charge in [-0.25, -0.2) is 4.79 Å². The first kappa shape index (κ1) is 28.7. The molecule has 1 amide bonds. The van der Waals surface area contributed by atoms with Gasteiger partial charge in [-0.2, -0.15) is 13.2 Å². The third-order valence-electron chi connectivity index (χ3n) is 9.46. The summed E-state index contributed by atoms with van der Waals surface area (Å²) < 4.78 is 46.5. The molecule has 4 unspecified atom stereocenters. The minimum Gasteiger partial charge on any atom is -0.465 e. The SMILES string of the molecule is COC(=O)C1=CC(c2ccc(CNC(=O)C3CC3c3ccccc3)c3c2CCN(C(O)C2(C(F)(F)F)CC2)C3)CC=C1. The molecule has 9 heteroatoms. The summed E-state index contributed by atoms with van der Waals surface area (Å²) >= 11 is 0. The molecule has 0 aromatic heterocycles. The Hall–Kier alpha value is -3.43. The Kier molecular flexibility index (Phi) is 7.51. The molecular weight excluding hydrogens is 545 g/mol. The summed E-state index contributed by atoms with van der Waals surface area (Å²) in [5.41, 5.74) is 3.21. The fraction of sp³-hybridized carbons (Fsp3) is 0.455. The molecule has 6 rings (SSSR count). The van der Waals surface area contributed by atoms with Crippen molar-refractivity contribution < 1.29 is 32.6 Å². The zero-order valence-corrected chi connectivity index (χ0v) is 23.5. The number of halogens is 3. The lowest BCUT2D eigenvalue weighted by Gasteiger charge is -2.39. The second-order valence-electron chi connectivity index (χ2n) is 12.0. The molecule has 0 spiro atoms. The molecule has 222 valence electrons.